The molecule has 3 N–H and O–H groups in total. The Balaban J connectivity index is 1.58. The number of fused-ring (bicyclic) bond motifs is 1. The molecule has 1 saturated heterocycles. The monoisotopic (exact) mass is 224 g/mol. The first-order chi connectivity index (χ1) is 7.71. The molecule has 0 aromatic rings. The summed E-state index contributed by atoms with van der Waals surface area (Å²) in [6.45, 7) is 3.54. The van der Waals surface area contributed by atoms with Crippen LogP contribution in [0.15, 0.2) is 0 Å². The standard InChI is InChI=1S/C13H24N2O/c14-13(9-16,12-4-5-12)8-15-6-10-2-1-3-11(10)7-15/h10-12,16H,1-9,14H2. The van der Waals surface area contributed by atoms with Crippen molar-refractivity contribution in [2.24, 2.45) is 23.5 Å². The molecule has 1 heterocycles. The minimum atomic E-state index is -0.307. The van der Waals surface area contributed by atoms with Crippen LogP contribution in [0.2, 0.25) is 0 Å². The van der Waals surface area contributed by atoms with Gasteiger partial charge in [-0.25, -0.2) is 0 Å². The SMILES string of the molecule is NC(CO)(CN1CC2CCCC2C1)C1CC1. The van der Waals surface area contributed by atoms with Gasteiger partial charge in [0, 0.05) is 19.6 Å². The summed E-state index contributed by atoms with van der Waals surface area (Å²) >= 11 is 0. The van der Waals surface area contributed by atoms with E-state index in [-0.39, 0.29) is 12.1 Å². The van der Waals surface area contributed by atoms with Crippen molar-refractivity contribution in [2.75, 3.05) is 26.2 Å². The summed E-state index contributed by atoms with van der Waals surface area (Å²) in [6, 6.07) is 0. The highest BCUT2D eigenvalue weighted by Crippen LogP contribution is 2.41. The molecule has 0 aromatic carbocycles. The fourth-order valence-electron chi connectivity index (χ4n) is 3.84. The van der Waals surface area contributed by atoms with Crippen LogP contribution in [0.1, 0.15) is 32.1 Å². The number of hydrogen-bond acceptors (Lipinski definition) is 3. The van der Waals surface area contributed by atoms with Gasteiger partial charge in [-0.3, -0.25) is 0 Å². The average Bonchev–Trinajstić information content (AvgIpc) is 2.93. The van der Waals surface area contributed by atoms with Crippen molar-refractivity contribution in [2.45, 2.75) is 37.6 Å². The van der Waals surface area contributed by atoms with Crippen molar-refractivity contribution in [1.82, 2.24) is 4.90 Å². The molecule has 3 heteroatoms. The third kappa shape index (κ3) is 1.89. The normalized spacial score (nSPS) is 38.6. The Kier molecular flexibility index (Phi) is 2.73. The first kappa shape index (κ1) is 11.0. The lowest BCUT2D eigenvalue weighted by atomic mass is 9.95. The molecule has 0 aromatic heterocycles. The van der Waals surface area contributed by atoms with Crippen LogP contribution >= 0.6 is 0 Å². The molecule has 3 unspecified atom stereocenters. The predicted octanol–water partition coefficient (Wildman–Crippen LogP) is 0.818. The van der Waals surface area contributed by atoms with E-state index in [1.54, 1.807) is 0 Å². The molecule has 3 fully saturated rings. The van der Waals surface area contributed by atoms with E-state index in [1.807, 2.05) is 0 Å². The maximum absolute atomic E-state index is 9.51. The number of aliphatic hydroxyl groups excluding tert-OH is 1. The van der Waals surface area contributed by atoms with Crippen LogP contribution in [-0.2, 0) is 0 Å². The molecule has 92 valence electrons. The van der Waals surface area contributed by atoms with Crippen molar-refractivity contribution in [3.05, 3.63) is 0 Å². The minimum Gasteiger partial charge on any atom is -0.394 e. The van der Waals surface area contributed by atoms with E-state index in [4.69, 9.17) is 5.73 Å². The van der Waals surface area contributed by atoms with Gasteiger partial charge in [0.15, 0.2) is 0 Å². The van der Waals surface area contributed by atoms with Gasteiger partial charge in [0.25, 0.3) is 0 Å². The Morgan fingerprint density at radius 1 is 1.12 bits per heavy atom. The van der Waals surface area contributed by atoms with Gasteiger partial charge in [-0.1, -0.05) is 6.42 Å². The van der Waals surface area contributed by atoms with Crippen LogP contribution in [0.25, 0.3) is 0 Å². The van der Waals surface area contributed by atoms with Gasteiger partial charge in [0.2, 0.25) is 0 Å². The van der Waals surface area contributed by atoms with Crippen molar-refractivity contribution < 1.29 is 5.11 Å². The van der Waals surface area contributed by atoms with Crippen LogP contribution in [0.5, 0.6) is 0 Å². The van der Waals surface area contributed by atoms with Gasteiger partial charge in [-0.2, -0.15) is 0 Å². The second kappa shape index (κ2) is 3.97. The van der Waals surface area contributed by atoms with Crippen molar-refractivity contribution in [3.63, 3.8) is 0 Å². The second-order valence-corrected chi connectivity index (χ2v) is 6.31. The van der Waals surface area contributed by atoms with Crippen molar-refractivity contribution in [3.8, 4) is 0 Å². The lowest BCUT2D eigenvalue weighted by Crippen LogP contribution is -2.54. The lowest BCUT2D eigenvalue weighted by molar-refractivity contribution is 0.129. The van der Waals surface area contributed by atoms with Gasteiger partial charge in [-0.05, 0) is 43.4 Å². The Morgan fingerprint density at radius 3 is 2.25 bits per heavy atom. The van der Waals surface area contributed by atoms with Crippen LogP contribution in [0.4, 0.5) is 0 Å². The third-order valence-electron chi connectivity index (χ3n) is 5.00. The molecular formula is C13H24N2O. The Morgan fingerprint density at radius 2 is 1.75 bits per heavy atom. The Hall–Kier alpha value is -0.120. The molecule has 1 aliphatic heterocycles. The van der Waals surface area contributed by atoms with E-state index in [2.05, 4.69) is 4.90 Å². The van der Waals surface area contributed by atoms with E-state index in [0.29, 0.717) is 5.92 Å². The molecule has 0 spiro atoms. The summed E-state index contributed by atoms with van der Waals surface area (Å²) in [7, 11) is 0. The number of rotatable bonds is 4. The smallest absolute Gasteiger partial charge is 0.0626 e. The van der Waals surface area contributed by atoms with E-state index < -0.39 is 0 Å². The Labute approximate surface area is 98.0 Å². The van der Waals surface area contributed by atoms with Gasteiger partial charge >= 0.3 is 0 Å². The van der Waals surface area contributed by atoms with Crippen LogP contribution in [0, 0.1) is 17.8 Å². The van der Waals surface area contributed by atoms with Gasteiger partial charge < -0.3 is 15.7 Å². The van der Waals surface area contributed by atoms with Crippen molar-refractivity contribution >= 4 is 0 Å². The molecule has 16 heavy (non-hydrogen) atoms. The summed E-state index contributed by atoms with van der Waals surface area (Å²) < 4.78 is 0. The fourth-order valence-corrected chi connectivity index (χ4v) is 3.84. The molecule has 0 bridgehead atoms. The van der Waals surface area contributed by atoms with Gasteiger partial charge in [-0.15, -0.1) is 0 Å². The minimum absolute atomic E-state index is 0.156. The average molecular weight is 224 g/mol. The first-order valence-corrected chi connectivity index (χ1v) is 6.83. The van der Waals surface area contributed by atoms with Gasteiger partial charge in [0.05, 0.1) is 12.1 Å². The summed E-state index contributed by atoms with van der Waals surface area (Å²) in [5, 5.41) is 9.51. The maximum Gasteiger partial charge on any atom is 0.0626 e. The predicted molar refractivity (Wildman–Crippen MR) is 64.0 cm³/mol. The number of nitrogens with zero attached hydrogens (tertiary/aromatic N) is 1. The highest BCUT2D eigenvalue weighted by Gasteiger charge is 2.45. The summed E-state index contributed by atoms with van der Waals surface area (Å²) in [4.78, 5) is 2.52. The Bertz CT molecular complexity index is 255. The highest BCUT2D eigenvalue weighted by molar-refractivity contribution is 5.02. The third-order valence-corrected chi connectivity index (χ3v) is 5.00. The topological polar surface area (TPSA) is 49.5 Å². The fraction of sp³-hybridized carbons (Fsp3) is 1.00. The molecule has 3 atom stereocenters. The summed E-state index contributed by atoms with van der Waals surface area (Å²) in [5.41, 5.74) is 6.03. The van der Waals surface area contributed by atoms with Crippen LogP contribution < -0.4 is 5.73 Å². The quantitative estimate of drug-likeness (QED) is 0.743. The second-order valence-electron chi connectivity index (χ2n) is 6.31. The molecule has 0 radical (unpaired) electrons. The zero-order valence-corrected chi connectivity index (χ0v) is 10.1. The molecule has 3 aliphatic rings. The van der Waals surface area contributed by atoms with E-state index in [1.165, 1.54) is 45.2 Å². The first-order valence-electron chi connectivity index (χ1n) is 6.83. The van der Waals surface area contributed by atoms with Crippen molar-refractivity contribution in [1.29, 1.82) is 0 Å². The molecule has 2 saturated carbocycles. The molecule has 0 amide bonds. The molecular weight excluding hydrogens is 200 g/mol. The van der Waals surface area contributed by atoms with Crippen LogP contribution in [-0.4, -0.2) is 41.8 Å². The molecule has 3 rings (SSSR count). The number of likely N-dealkylation sites (tertiary alicyclic amines) is 1. The van der Waals surface area contributed by atoms with E-state index in [9.17, 15) is 5.11 Å². The summed E-state index contributed by atoms with van der Waals surface area (Å²) in [5.74, 6) is 2.45. The highest BCUT2D eigenvalue weighted by atomic mass is 16.3. The lowest BCUT2D eigenvalue weighted by Gasteiger charge is -2.32. The maximum atomic E-state index is 9.51. The largest absolute Gasteiger partial charge is 0.394 e. The number of nitrogens with two attached hydrogens (primary N) is 1. The van der Waals surface area contributed by atoms with Gasteiger partial charge in [0.1, 0.15) is 0 Å². The molecule has 2 aliphatic carbocycles. The van der Waals surface area contributed by atoms with E-state index >= 15 is 0 Å². The van der Waals surface area contributed by atoms with E-state index in [0.717, 1.165) is 18.4 Å². The number of aliphatic hydroxyl groups is 1. The zero-order chi connectivity index (χ0) is 11.2. The zero-order valence-electron chi connectivity index (χ0n) is 10.1. The number of hydrogen-bond donors (Lipinski definition) is 2. The van der Waals surface area contributed by atoms with Crippen LogP contribution in [0.3, 0.4) is 0 Å². The molecule has 3 nitrogen and oxygen atoms in total. The summed E-state index contributed by atoms with van der Waals surface area (Å²) in [6.07, 6.45) is 6.71.